The Hall–Kier alpha value is -3.40. The summed E-state index contributed by atoms with van der Waals surface area (Å²) in [5.74, 6) is 1.59. The van der Waals surface area contributed by atoms with Gasteiger partial charge in [-0.05, 0) is 50.2 Å². The Labute approximate surface area is 159 Å². The second kappa shape index (κ2) is 7.46. The summed E-state index contributed by atoms with van der Waals surface area (Å²) < 4.78 is 5.56. The van der Waals surface area contributed by atoms with Crippen molar-refractivity contribution < 1.29 is 4.74 Å². The standard InChI is InChI=1S/C23H21N3O/c1-3-27-19-12-10-17(11-13-19)22-20-15-16(2)9-14-21(20)24-23(26-25-22)18-7-5-4-6-8-18/h4-15H,3H2,1-2H3,(H,24,26). The zero-order chi connectivity index (χ0) is 18.6. The smallest absolute Gasteiger partial charge is 0.154 e. The molecule has 0 unspecified atom stereocenters. The van der Waals surface area contributed by atoms with Gasteiger partial charge in [0.25, 0.3) is 0 Å². The van der Waals surface area contributed by atoms with E-state index in [4.69, 9.17) is 14.8 Å². The van der Waals surface area contributed by atoms with E-state index in [1.165, 1.54) is 5.56 Å². The van der Waals surface area contributed by atoms with Crippen molar-refractivity contribution in [3.8, 4) is 5.75 Å². The fourth-order valence-corrected chi connectivity index (χ4v) is 3.07. The number of hydrogen-bond acceptors (Lipinski definition) is 4. The number of benzene rings is 3. The molecular formula is C23H21N3O. The maximum Gasteiger partial charge on any atom is 0.154 e. The number of rotatable bonds is 4. The first-order valence-electron chi connectivity index (χ1n) is 9.06. The van der Waals surface area contributed by atoms with Gasteiger partial charge in [-0.1, -0.05) is 42.0 Å². The number of ether oxygens (including phenoxy) is 1. The average molecular weight is 355 g/mol. The molecule has 3 aromatic rings. The van der Waals surface area contributed by atoms with Crippen LogP contribution in [0.1, 0.15) is 29.2 Å². The second-order valence-electron chi connectivity index (χ2n) is 6.38. The summed E-state index contributed by atoms with van der Waals surface area (Å²) >= 11 is 0. The van der Waals surface area contributed by atoms with E-state index in [0.717, 1.165) is 39.7 Å². The van der Waals surface area contributed by atoms with Gasteiger partial charge in [-0.15, -0.1) is 0 Å². The first-order chi connectivity index (χ1) is 13.2. The number of hydrogen-bond donors (Lipinski definition) is 1. The third-order valence-corrected chi connectivity index (χ3v) is 4.40. The molecule has 0 atom stereocenters. The molecular weight excluding hydrogens is 334 g/mol. The lowest BCUT2D eigenvalue weighted by Gasteiger charge is -2.10. The third kappa shape index (κ3) is 3.60. The van der Waals surface area contributed by atoms with Crippen LogP contribution in [0.15, 0.2) is 82.9 Å². The Balaban J connectivity index is 1.80. The second-order valence-corrected chi connectivity index (χ2v) is 6.38. The van der Waals surface area contributed by atoms with Gasteiger partial charge in [-0.3, -0.25) is 5.43 Å². The van der Waals surface area contributed by atoms with Crippen molar-refractivity contribution in [2.24, 2.45) is 10.1 Å². The topological polar surface area (TPSA) is 46.0 Å². The Morgan fingerprint density at radius 1 is 0.889 bits per heavy atom. The van der Waals surface area contributed by atoms with Crippen LogP contribution in [0, 0.1) is 6.92 Å². The fraction of sp³-hybridized carbons (Fsp3) is 0.130. The number of fused-ring (bicyclic) bond motifs is 1. The molecule has 4 rings (SSSR count). The van der Waals surface area contributed by atoms with Crippen LogP contribution in [0.3, 0.4) is 0 Å². The zero-order valence-electron chi connectivity index (χ0n) is 15.4. The molecule has 1 aliphatic rings. The number of hydrazone groups is 1. The van der Waals surface area contributed by atoms with Gasteiger partial charge in [0.05, 0.1) is 18.0 Å². The van der Waals surface area contributed by atoms with E-state index < -0.39 is 0 Å². The molecule has 1 N–H and O–H groups in total. The number of nitrogens with one attached hydrogen (secondary N) is 1. The van der Waals surface area contributed by atoms with Crippen molar-refractivity contribution >= 4 is 17.2 Å². The molecule has 0 aromatic heterocycles. The first-order valence-corrected chi connectivity index (χ1v) is 9.06. The minimum absolute atomic E-state index is 0.651. The summed E-state index contributed by atoms with van der Waals surface area (Å²) in [4.78, 5) is 4.84. The van der Waals surface area contributed by atoms with E-state index in [1.54, 1.807) is 0 Å². The molecule has 0 aliphatic carbocycles. The molecule has 3 aromatic carbocycles. The zero-order valence-corrected chi connectivity index (χ0v) is 15.4. The Morgan fingerprint density at radius 3 is 2.41 bits per heavy atom. The van der Waals surface area contributed by atoms with Crippen molar-refractivity contribution in [2.75, 3.05) is 6.61 Å². The molecule has 0 fully saturated rings. The van der Waals surface area contributed by atoms with Gasteiger partial charge >= 0.3 is 0 Å². The van der Waals surface area contributed by atoms with E-state index >= 15 is 0 Å². The minimum Gasteiger partial charge on any atom is -0.494 e. The summed E-state index contributed by atoms with van der Waals surface area (Å²) in [5.41, 5.74) is 9.13. The normalized spacial score (nSPS) is 13.0. The van der Waals surface area contributed by atoms with E-state index in [0.29, 0.717) is 6.61 Å². The number of aliphatic imine (C=N–C) groups is 1. The molecule has 1 heterocycles. The Bertz CT molecular complexity index is 1010. The molecule has 0 radical (unpaired) electrons. The highest BCUT2D eigenvalue weighted by atomic mass is 16.5. The van der Waals surface area contributed by atoms with Gasteiger partial charge < -0.3 is 4.74 Å². The van der Waals surface area contributed by atoms with Gasteiger partial charge in [0.2, 0.25) is 0 Å². The first kappa shape index (κ1) is 17.0. The molecule has 0 bridgehead atoms. The summed E-state index contributed by atoms with van der Waals surface area (Å²) in [6, 6.07) is 24.3. The molecule has 4 nitrogen and oxygen atoms in total. The molecule has 0 saturated heterocycles. The Morgan fingerprint density at radius 2 is 1.67 bits per heavy atom. The number of amidine groups is 1. The van der Waals surface area contributed by atoms with Crippen LogP contribution in [-0.4, -0.2) is 18.2 Å². The van der Waals surface area contributed by atoms with Gasteiger partial charge in [0, 0.05) is 16.7 Å². The maximum absolute atomic E-state index is 5.56. The lowest BCUT2D eigenvalue weighted by Crippen LogP contribution is -2.19. The lowest BCUT2D eigenvalue weighted by molar-refractivity contribution is 0.340. The van der Waals surface area contributed by atoms with Gasteiger partial charge in [-0.25, -0.2) is 4.99 Å². The Kier molecular flexibility index (Phi) is 4.71. The summed E-state index contributed by atoms with van der Waals surface area (Å²) in [7, 11) is 0. The molecule has 0 saturated carbocycles. The highest BCUT2D eigenvalue weighted by Crippen LogP contribution is 2.27. The van der Waals surface area contributed by atoms with Crippen molar-refractivity contribution in [2.45, 2.75) is 13.8 Å². The lowest BCUT2D eigenvalue weighted by atomic mass is 9.99. The minimum atomic E-state index is 0.651. The van der Waals surface area contributed by atoms with Gasteiger partial charge in [-0.2, -0.15) is 5.10 Å². The van der Waals surface area contributed by atoms with Gasteiger partial charge in [0.15, 0.2) is 5.84 Å². The van der Waals surface area contributed by atoms with Crippen LogP contribution in [0.25, 0.3) is 0 Å². The van der Waals surface area contributed by atoms with E-state index in [9.17, 15) is 0 Å². The van der Waals surface area contributed by atoms with Crippen molar-refractivity contribution in [1.29, 1.82) is 0 Å². The number of nitrogens with zero attached hydrogens (tertiary/aromatic N) is 2. The fourth-order valence-electron chi connectivity index (χ4n) is 3.07. The van der Waals surface area contributed by atoms with E-state index in [2.05, 4.69) is 24.5 Å². The summed E-state index contributed by atoms with van der Waals surface area (Å²) in [6.07, 6.45) is 0. The molecule has 0 amide bonds. The van der Waals surface area contributed by atoms with Crippen LogP contribution < -0.4 is 10.2 Å². The molecule has 4 heteroatoms. The van der Waals surface area contributed by atoms with E-state index in [-0.39, 0.29) is 0 Å². The largest absolute Gasteiger partial charge is 0.494 e. The average Bonchev–Trinajstić information content (AvgIpc) is 2.89. The highest BCUT2D eigenvalue weighted by molar-refractivity contribution is 6.18. The third-order valence-electron chi connectivity index (χ3n) is 4.40. The van der Waals surface area contributed by atoms with Crippen molar-refractivity contribution in [3.63, 3.8) is 0 Å². The summed E-state index contributed by atoms with van der Waals surface area (Å²) in [6.45, 7) is 4.71. The molecule has 1 aliphatic heterocycles. The monoisotopic (exact) mass is 355 g/mol. The SMILES string of the molecule is CCOc1ccc(C2=NNC(c3ccccc3)=Nc3ccc(C)cc32)cc1. The van der Waals surface area contributed by atoms with Crippen molar-refractivity contribution in [3.05, 3.63) is 95.1 Å². The molecule has 27 heavy (non-hydrogen) atoms. The van der Waals surface area contributed by atoms with Gasteiger partial charge in [0.1, 0.15) is 5.75 Å². The molecule has 134 valence electrons. The van der Waals surface area contributed by atoms with Crippen LogP contribution in [0.4, 0.5) is 5.69 Å². The van der Waals surface area contributed by atoms with Crippen LogP contribution >= 0.6 is 0 Å². The predicted octanol–water partition coefficient (Wildman–Crippen LogP) is 4.83. The maximum atomic E-state index is 5.56. The molecule has 0 spiro atoms. The van der Waals surface area contributed by atoms with E-state index in [1.807, 2.05) is 67.6 Å². The van der Waals surface area contributed by atoms with Crippen molar-refractivity contribution in [1.82, 2.24) is 5.43 Å². The van der Waals surface area contributed by atoms with Crippen LogP contribution in [-0.2, 0) is 0 Å². The van der Waals surface area contributed by atoms with Crippen LogP contribution in [0.2, 0.25) is 0 Å². The summed E-state index contributed by atoms with van der Waals surface area (Å²) in [5, 5.41) is 4.70. The highest BCUT2D eigenvalue weighted by Gasteiger charge is 2.17. The van der Waals surface area contributed by atoms with Crippen LogP contribution in [0.5, 0.6) is 5.75 Å². The predicted molar refractivity (Wildman–Crippen MR) is 110 cm³/mol. The number of aryl methyl sites for hydroxylation is 1. The quantitative estimate of drug-likeness (QED) is 0.729.